The molecule has 1 aliphatic heterocycles. The van der Waals surface area contributed by atoms with Crippen LogP contribution in [0.2, 0.25) is 0 Å². The second-order valence-corrected chi connectivity index (χ2v) is 4.47. The Morgan fingerprint density at radius 2 is 2.15 bits per heavy atom. The van der Waals surface area contributed by atoms with E-state index in [9.17, 15) is 4.79 Å². The summed E-state index contributed by atoms with van der Waals surface area (Å²) in [6.07, 6.45) is 0. The molecule has 0 atom stereocenters. The van der Waals surface area contributed by atoms with Crippen molar-refractivity contribution in [3.8, 4) is 0 Å². The van der Waals surface area contributed by atoms with Crippen molar-refractivity contribution in [1.82, 2.24) is 10.2 Å². The third-order valence-electron chi connectivity index (χ3n) is 2.29. The van der Waals surface area contributed by atoms with Crippen molar-refractivity contribution >= 4 is 5.91 Å². The molecule has 1 saturated heterocycles. The first-order valence-corrected chi connectivity index (χ1v) is 4.62. The third kappa shape index (κ3) is 2.47. The van der Waals surface area contributed by atoms with Gasteiger partial charge in [0.25, 0.3) is 0 Å². The Morgan fingerprint density at radius 1 is 1.54 bits per heavy atom. The number of hydrogen-bond acceptors (Lipinski definition) is 2. The quantitative estimate of drug-likeness (QED) is 0.655. The summed E-state index contributed by atoms with van der Waals surface area (Å²) in [5.74, 6) is 0.0941. The first-order valence-electron chi connectivity index (χ1n) is 4.62. The van der Waals surface area contributed by atoms with Crippen LogP contribution in [0.1, 0.15) is 20.8 Å². The lowest BCUT2D eigenvalue weighted by Gasteiger charge is -2.36. The van der Waals surface area contributed by atoms with E-state index in [0.717, 1.165) is 18.8 Å². The normalized spacial score (nSPS) is 18.4. The Hall–Kier alpha value is -0.990. The fourth-order valence-corrected chi connectivity index (χ4v) is 1.34. The molecule has 0 saturated carbocycles. The lowest BCUT2D eigenvalue weighted by molar-refractivity contribution is -0.123. The van der Waals surface area contributed by atoms with E-state index in [4.69, 9.17) is 0 Å². The summed E-state index contributed by atoms with van der Waals surface area (Å²) in [5, 5.41) is 2.80. The minimum Gasteiger partial charge on any atom is -0.364 e. The van der Waals surface area contributed by atoms with E-state index in [2.05, 4.69) is 37.6 Å². The second-order valence-electron chi connectivity index (χ2n) is 4.47. The molecule has 1 aliphatic rings. The smallest absolute Gasteiger partial charge is 0.239 e. The molecule has 0 aromatic heterocycles. The lowest BCUT2D eigenvalue weighted by atomic mass is 9.91. The van der Waals surface area contributed by atoms with Crippen LogP contribution < -0.4 is 5.32 Å². The summed E-state index contributed by atoms with van der Waals surface area (Å²) in [7, 11) is 0. The minimum absolute atomic E-state index is 0.0532. The Labute approximate surface area is 79.8 Å². The van der Waals surface area contributed by atoms with Crippen LogP contribution in [0.25, 0.3) is 0 Å². The van der Waals surface area contributed by atoms with Crippen molar-refractivity contribution in [2.45, 2.75) is 20.8 Å². The maximum atomic E-state index is 11.1. The summed E-state index contributed by atoms with van der Waals surface area (Å²) >= 11 is 0. The molecule has 0 aromatic rings. The van der Waals surface area contributed by atoms with Crippen LogP contribution in [0.5, 0.6) is 0 Å². The van der Waals surface area contributed by atoms with Crippen LogP contribution in [0.3, 0.4) is 0 Å². The molecule has 0 bridgehead atoms. The number of carbonyl (C=O) groups excluding carboxylic acids is 1. The molecule has 74 valence electrons. The number of hydrogen-bond donors (Lipinski definition) is 1. The Kier molecular flexibility index (Phi) is 2.64. The number of nitrogens with zero attached hydrogens (tertiary/aromatic N) is 1. The van der Waals surface area contributed by atoms with E-state index < -0.39 is 0 Å². The number of nitrogens with one attached hydrogen (secondary N) is 1. The van der Waals surface area contributed by atoms with Crippen molar-refractivity contribution in [1.29, 1.82) is 0 Å². The first-order chi connectivity index (χ1) is 5.91. The maximum absolute atomic E-state index is 11.1. The van der Waals surface area contributed by atoms with Gasteiger partial charge in [0.15, 0.2) is 0 Å². The fourth-order valence-electron chi connectivity index (χ4n) is 1.34. The third-order valence-corrected chi connectivity index (χ3v) is 2.29. The van der Waals surface area contributed by atoms with Crippen LogP contribution in [0.4, 0.5) is 0 Å². The van der Waals surface area contributed by atoms with Gasteiger partial charge >= 0.3 is 0 Å². The average Bonchev–Trinajstić information content (AvgIpc) is 2.01. The molecule has 0 unspecified atom stereocenters. The summed E-state index contributed by atoms with van der Waals surface area (Å²) in [5.41, 5.74) is 1.10. The molecule has 13 heavy (non-hydrogen) atoms. The number of allylic oxidation sites excluding steroid dienone is 1. The zero-order valence-corrected chi connectivity index (χ0v) is 8.68. The van der Waals surface area contributed by atoms with Crippen molar-refractivity contribution in [3.63, 3.8) is 0 Å². The van der Waals surface area contributed by atoms with Gasteiger partial charge in [0.05, 0.1) is 6.54 Å². The molecule has 0 radical (unpaired) electrons. The molecule has 1 rings (SSSR count). The van der Waals surface area contributed by atoms with E-state index in [-0.39, 0.29) is 11.3 Å². The maximum Gasteiger partial charge on any atom is 0.239 e. The highest BCUT2D eigenvalue weighted by molar-refractivity contribution is 5.79. The van der Waals surface area contributed by atoms with Gasteiger partial charge in [-0.3, -0.25) is 4.79 Å². The molecule has 0 spiro atoms. The van der Waals surface area contributed by atoms with Crippen molar-refractivity contribution < 1.29 is 4.79 Å². The Morgan fingerprint density at radius 3 is 2.62 bits per heavy atom. The molecule has 0 aliphatic carbocycles. The highest BCUT2D eigenvalue weighted by Gasteiger charge is 2.24. The van der Waals surface area contributed by atoms with Crippen LogP contribution in [-0.2, 0) is 4.79 Å². The predicted octanol–water partition coefficient (Wildman–Crippen LogP) is 0.978. The van der Waals surface area contributed by atoms with Crippen molar-refractivity contribution in [3.05, 3.63) is 12.3 Å². The van der Waals surface area contributed by atoms with E-state index >= 15 is 0 Å². The monoisotopic (exact) mass is 182 g/mol. The topological polar surface area (TPSA) is 32.3 Å². The Bertz CT molecular complexity index is 228. The van der Waals surface area contributed by atoms with Gasteiger partial charge in [-0.15, -0.1) is 0 Å². The van der Waals surface area contributed by atoms with Gasteiger partial charge < -0.3 is 10.2 Å². The zero-order chi connectivity index (χ0) is 10.1. The molecule has 0 aromatic carbocycles. The number of rotatable bonds is 1. The van der Waals surface area contributed by atoms with Crippen LogP contribution in [0, 0.1) is 5.41 Å². The number of amides is 1. The van der Waals surface area contributed by atoms with Gasteiger partial charge in [-0.2, -0.15) is 0 Å². The number of carbonyl (C=O) groups is 1. The highest BCUT2D eigenvalue weighted by Crippen LogP contribution is 2.26. The molecule has 3 heteroatoms. The van der Waals surface area contributed by atoms with E-state index in [1.165, 1.54) is 0 Å². The van der Waals surface area contributed by atoms with Crippen LogP contribution in [-0.4, -0.2) is 30.4 Å². The summed E-state index contributed by atoms with van der Waals surface area (Å²) in [6.45, 7) is 12.4. The number of piperazine rings is 1. The standard InChI is InChI=1S/C10H18N2O/c1-8(10(2,3)4)12-6-5-11-9(13)7-12/h1,5-7H2,2-4H3,(H,11,13). The average molecular weight is 182 g/mol. The van der Waals surface area contributed by atoms with Gasteiger partial charge in [-0.1, -0.05) is 27.4 Å². The highest BCUT2D eigenvalue weighted by atomic mass is 16.2. The minimum atomic E-state index is 0.0532. The van der Waals surface area contributed by atoms with Gasteiger partial charge in [0.1, 0.15) is 0 Å². The molecule has 1 fully saturated rings. The molecule has 3 nitrogen and oxygen atoms in total. The molecule has 1 N–H and O–H groups in total. The van der Waals surface area contributed by atoms with Crippen LogP contribution >= 0.6 is 0 Å². The fraction of sp³-hybridized carbons (Fsp3) is 0.700. The van der Waals surface area contributed by atoms with E-state index in [0.29, 0.717) is 6.54 Å². The second kappa shape index (κ2) is 3.40. The van der Waals surface area contributed by atoms with Crippen molar-refractivity contribution in [2.24, 2.45) is 5.41 Å². The zero-order valence-electron chi connectivity index (χ0n) is 8.68. The van der Waals surface area contributed by atoms with Gasteiger partial charge in [0, 0.05) is 24.2 Å². The predicted molar refractivity (Wildman–Crippen MR) is 53.2 cm³/mol. The summed E-state index contributed by atoms with van der Waals surface area (Å²) in [6, 6.07) is 0. The van der Waals surface area contributed by atoms with E-state index in [1.54, 1.807) is 0 Å². The first kappa shape index (κ1) is 10.1. The molecular formula is C10H18N2O. The molecule has 1 heterocycles. The van der Waals surface area contributed by atoms with Crippen LogP contribution in [0.15, 0.2) is 12.3 Å². The SMILES string of the molecule is C=C(N1CCNC(=O)C1)C(C)(C)C. The van der Waals surface area contributed by atoms with Gasteiger partial charge in [0.2, 0.25) is 5.91 Å². The van der Waals surface area contributed by atoms with Gasteiger partial charge in [-0.05, 0) is 0 Å². The van der Waals surface area contributed by atoms with E-state index in [1.807, 2.05) is 0 Å². The van der Waals surface area contributed by atoms with Crippen molar-refractivity contribution in [2.75, 3.05) is 19.6 Å². The lowest BCUT2D eigenvalue weighted by Crippen LogP contribution is -2.48. The molecular weight excluding hydrogens is 164 g/mol. The van der Waals surface area contributed by atoms with Gasteiger partial charge in [-0.25, -0.2) is 0 Å². The largest absolute Gasteiger partial charge is 0.364 e. The summed E-state index contributed by atoms with van der Waals surface area (Å²) < 4.78 is 0. The summed E-state index contributed by atoms with van der Waals surface area (Å²) in [4.78, 5) is 13.2. The molecule has 1 amide bonds. The Balaban J connectivity index is 2.62.